The number of nitrogens with two attached hydrogens (primary N) is 1. The number of piperidine rings is 1. The molecule has 1 heterocycles. The predicted molar refractivity (Wildman–Crippen MR) is 87.0 cm³/mol. The molecule has 3 N–H and O–H groups in total. The minimum absolute atomic E-state index is 0. The van der Waals surface area contributed by atoms with E-state index in [1.807, 2.05) is 6.92 Å². The van der Waals surface area contributed by atoms with Gasteiger partial charge in [-0.15, -0.1) is 12.4 Å². The highest BCUT2D eigenvalue weighted by Gasteiger charge is 2.35. The summed E-state index contributed by atoms with van der Waals surface area (Å²) in [5, 5.41) is 2.83. The zero-order valence-electron chi connectivity index (χ0n) is 12.7. The maximum Gasteiger partial charge on any atom is 0.238 e. The first-order valence-corrected chi connectivity index (χ1v) is 9.11. The van der Waals surface area contributed by atoms with Crippen LogP contribution in [0.5, 0.6) is 0 Å². The smallest absolute Gasteiger partial charge is 0.238 e. The molecule has 0 bridgehead atoms. The van der Waals surface area contributed by atoms with Crippen molar-refractivity contribution in [3.8, 4) is 0 Å². The molecular formula is C13H28ClN3O3S. The first-order valence-electron chi connectivity index (χ1n) is 7.50. The Morgan fingerprint density at radius 1 is 1.33 bits per heavy atom. The van der Waals surface area contributed by atoms with Crippen LogP contribution in [0.3, 0.4) is 0 Å². The summed E-state index contributed by atoms with van der Waals surface area (Å²) in [5.74, 6) is -0.0503. The first kappa shape index (κ1) is 20.6. The number of amides is 1. The van der Waals surface area contributed by atoms with E-state index in [2.05, 4.69) is 5.32 Å². The Bertz CT molecular complexity index is 403. The zero-order chi connectivity index (χ0) is 15.0. The van der Waals surface area contributed by atoms with Crippen LogP contribution in [0.1, 0.15) is 45.4 Å². The van der Waals surface area contributed by atoms with Gasteiger partial charge in [-0.05, 0) is 38.6 Å². The van der Waals surface area contributed by atoms with Crippen molar-refractivity contribution in [1.82, 2.24) is 9.62 Å². The molecule has 0 aromatic heterocycles. The van der Waals surface area contributed by atoms with E-state index >= 15 is 0 Å². The average Bonchev–Trinajstić information content (AvgIpc) is 2.43. The highest BCUT2D eigenvalue weighted by atomic mass is 35.5. The van der Waals surface area contributed by atoms with Crippen LogP contribution in [0, 0.1) is 0 Å². The molecule has 1 aliphatic heterocycles. The van der Waals surface area contributed by atoms with Crippen molar-refractivity contribution < 1.29 is 13.2 Å². The van der Waals surface area contributed by atoms with Gasteiger partial charge in [-0.3, -0.25) is 4.79 Å². The molecule has 126 valence electrons. The lowest BCUT2D eigenvalue weighted by Crippen LogP contribution is -2.52. The zero-order valence-corrected chi connectivity index (χ0v) is 14.3. The number of nitrogens with zero attached hydrogens (tertiary/aromatic N) is 1. The van der Waals surface area contributed by atoms with Gasteiger partial charge in [-0.25, -0.2) is 8.42 Å². The number of hydrogen-bond acceptors (Lipinski definition) is 4. The lowest BCUT2D eigenvalue weighted by molar-refractivity contribution is -0.125. The van der Waals surface area contributed by atoms with Crippen molar-refractivity contribution in [2.24, 2.45) is 5.73 Å². The van der Waals surface area contributed by atoms with Crippen molar-refractivity contribution in [2.45, 2.75) is 51.5 Å². The molecule has 0 aromatic carbocycles. The fraction of sp³-hybridized carbons (Fsp3) is 0.923. The number of hydrogen-bond donors (Lipinski definition) is 2. The third-order valence-corrected chi connectivity index (χ3v) is 5.58. The van der Waals surface area contributed by atoms with E-state index in [1.165, 1.54) is 4.31 Å². The van der Waals surface area contributed by atoms with Gasteiger partial charge < -0.3 is 11.1 Å². The molecule has 8 heteroatoms. The molecular weight excluding hydrogens is 314 g/mol. The summed E-state index contributed by atoms with van der Waals surface area (Å²) in [6.45, 7) is 3.47. The fourth-order valence-corrected chi connectivity index (χ4v) is 4.22. The predicted octanol–water partition coefficient (Wildman–Crippen LogP) is 0.858. The Morgan fingerprint density at radius 3 is 2.67 bits per heavy atom. The molecule has 1 aliphatic rings. The molecule has 0 spiro atoms. The van der Waals surface area contributed by atoms with Gasteiger partial charge in [0.1, 0.15) is 6.04 Å². The van der Waals surface area contributed by atoms with Crippen LogP contribution < -0.4 is 11.1 Å². The van der Waals surface area contributed by atoms with E-state index in [4.69, 9.17) is 5.73 Å². The van der Waals surface area contributed by atoms with Gasteiger partial charge in [-0.2, -0.15) is 4.31 Å². The summed E-state index contributed by atoms with van der Waals surface area (Å²) < 4.78 is 25.8. The topological polar surface area (TPSA) is 92.5 Å². The Kier molecular flexibility index (Phi) is 10.2. The molecule has 0 aliphatic carbocycles. The van der Waals surface area contributed by atoms with E-state index in [9.17, 15) is 13.2 Å². The van der Waals surface area contributed by atoms with Crippen molar-refractivity contribution >= 4 is 28.3 Å². The highest BCUT2D eigenvalue weighted by Crippen LogP contribution is 2.21. The normalized spacial score (nSPS) is 19.8. The Balaban J connectivity index is 0.00000400. The summed E-state index contributed by atoms with van der Waals surface area (Å²) in [6, 6.07) is -0.529. The standard InChI is InChI=1S/C13H27N3O3S.ClH/c1-2-11-20(18,19)16-10-6-3-7-12(16)13(17)15-9-5-4-8-14;/h12H,2-11,14H2,1H3,(H,15,17);1H. The number of unbranched alkanes of at least 4 members (excludes halogenated alkanes) is 1. The number of halogens is 1. The fourth-order valence-electron chi connectivity index (χ4n) is 2.47. The molecule has 1 unspecified atom stereocenters. The maximum atomic E-state index is 12.2. The third kappa shape index (κ3) is 6.50. The van der Waals surface area contributed by atoms with E-state index in [-0.39, 0.29) is 24.1 Å². The molecule has 1 atom stereocenters. The van der Waals surface area contributed by atoms with Crippen molar-refractivity contribution in [1.29, 1.82) is 0 Å². The maximum absolute atomic E-state index is 12.2. The van der Waals surface area contributed by atoms with Crippen LogP contribution in [0.15, 0.2) is 0 Å². The quantitative estimate of drug-likeness (QED) is 0.640. The van der Waals surface area contributed by atoms with Crippen LogP contribution in [0.2, 0.25) is 0 Å². The second kappa shape index (κ2) is 10.4. The average molecular weight is 342 g/mol. The number of carbonyl (C=O) groups excluding carboxylic acids is 1. The summed E-state index contributed by atoms with van der Waals surface area (Å²) >= 11 is 0. The van der Waals surface area contributed by atoms with Gasteiger partial charge in [0, 0.05) is 13.1 Å². The van der Waals surface area contributed by atoms with Crippen LogP contribution in [-0.4, -0.2) is 50.1 Å². The van der Waals surface area contributed by atoms with Gasteiger partial charge >= 0.3 is 0 Å². The Labute approximate surface area is 134 Å². The van der Waals surface area contributed by atoms with Crippen LogP contribution in [-0.2, 0) is 14.8 Å². The first-order chi connectivity index (χ1) is 9.53. The Hall–Kier alpha value is -0.370. The van der Waals surface area contributed by atoms with Crippen molar-refractivity contribution in [3.63, 3.8) is 0 Å². The number of nitrogens with one attached hydrogen (secondary N) is 1. The second-order valence-corrected chi connectivity index (χ2v) is 7.27. The van der Waals surface area contributed by atoms with Crippen LogP contribution in [0.25, 0.3) is 0 Å². The van der Waals surface area contributed by atoms with E-state index in [1.54, 1.807) is 0 Å². The van der Waals surface area contributed by atoms with E-state index < -0.39 is 16.1 Å². The molecule has 1 rings (SSSR count). The Morgan fingerprint density at radius 2 is 2.05 bits per heavy atom. The van der Waals surface area contributed by atoms with E-state index in [0.29, 0.717) is 32.5 Å². The second-order valence-electron chi connectivity index (χ2n) is 5.23. The molecule has 21 heavy (non-hydrogen) atoms. The molecule has 6 nitrogen and oxygen atoms in total. The molecule has 0 saturated carbocycles. The minimum Gasteiger partial charge on any atom is -0.355 e. The number of rotatable bonds is 8. The largest absolute Gasteiger partial charge is 0.355 e. The van der Waals surface area contributed by atoms with Gasteiger partial charge in [0.15, 0.2) is 0 Å². The van der Waals surface area contributed by atoms with Gasteiger partial charge in [0.2, 0.25) is 15.9 Å². The van der Waals surface area contributed by atoms with Gasteiger partial charge in [-0.1, -0.05) is 13.3 Å². The number of sulfonamides is 1. The molecule has 1 fully saturated rings. The third-order valence-electron chi connectivity index (χ3n) is 3.51. The monoisotopic (exact) mass is 341 g/mol. The highest BCUT2D eigenvalue weighted by molar-refractivity contribution is 7.89. The van der Waals surface area contributed by atoms with Crippen LogP contribution >= 0.6 is 12.4 Å². The summed E-state index contributed by atoms with van der Waals surface area (Å²) in [7, 11) is -3.31. The summed E-state index contributed by atoms with van der Waals surface area (Å²) in [6.07, 6.45) is 4.62. The van der Waals surface area contributed by atoms with Crippen LogP contribution in [0.4, 0.5) is 0 Å². The van der Waals surface area contributed by atoms with Crippen molar-refractivity contribution in [3.05, 3.63) is 0 Å². The molecule has 1 saturated heterocycles. The lowest BCUT2D eigenvalue weighted by atomic mass is 10.0. The molecule has 0 aromatic rings. The molecule has 0 radical (unpaired) electrons. The molecule has 1 amide bonds. The summed E-state index contributed by atoms with van der Waals surface area (Å²) in [4.78, 5) is 12.2. The summed E-state index contributed by atoms with van der Waals surface area (Å²) in [5.41, 5.74) is 5.40. The minimum atomic E-state index is -3.31. The van der Waals surface area contributed by atoms with Crippen molar-refractivity contribution in [2.75, 3.05) is 25.4 Å². The lowest BCUT2D eigenvalue weighted by Gasteiger charge is -2.33. The number of carbonyl (C=O) groups is 1. The van der Waals surface area contributed by atoms with E-state index in [0.717, 1.165) is 25.7 Å². The van der Waals surface area contributed by atoms with Gasteiger partial charge in [0.25, 0.3) is 0 Å². The van der Waals surface area contributed by atoms with Gasteiger partial charge in [0.05, 0.1) is 5.75 Å². The SMILES string of the molecule is CCCS(=O)(=O)N1CCCCC1C(=O)NCCCCN.Cl.